The molecular weight excluding hydrogens is 266 g/mol. The van der Waals surface area contributed by atoms with Gasteiger partial charge in [-0.3, -0.25) is 14.4 Å². The van der Waals surface area contributed by atoms with Gasteiger partial charge in [0.15, 0.2) is 6.04 Å². The van der Waals surface area contributed by atoms with Gasteiger partial charge in [-0.05, 0) is 17.5 Å². The summed E-state index contributed by atoms with van der Waals surface area (Å²) < 4.78 is 0.933. The fraction of sp³-hybridized carbons (Fsp3) is 0.0833. The maximum absolute atomic E-state index is 11.9. The molecule has 1 aromatic carbocycles. The highest BCUT2D eigenvalue weighted by molar-refractivity contribution is 7.20. The van der Waals surface area contributed by atoms with Gasteiger partial charge in [0.2, 0.25) is 11.8 Å². The van der Waals surface area contributed by atoms with Crippen molar-refractivity contribution >= 4 is 39.1 Å². The molecule has 0 aliphatic carbocycles. The minimum atomic E-state index is -1.50. The first-order valence-electron chi connectivity index (χ1n) is 5.37. The molecule has 1 aromatic heterocycles. The molecule has 0 fully saturated rings. The van der Waals surface area contributed by atoms with E-state index in [4.69, 9.17) is 11.5 Å². The molecular formula is C12H11N3O3S. The lowest BCUT2D eigenvalue weighted by Gasteiger charge is -2.10. The second-order valence-corrected chi connectivity index (χ2v) is 4.94. The number of hydrogen-bond donors (Lipinski definition) is 3. The van der Waals surface area contributed by atoms with Crippen LogP contribution in [0, 0.1) is 0 Å². The van der Waals surface area contributed by atoms with Gasteiger partial charge >= 0.3 is 0 Å². The average molecular weight is 277 g/mol. The second-order valence-electron chi connectivity index (χ2n) is 3.86. The molecule has 0 saturated heterocycles. The zero-order valence-electron chi connectivity index (χ0n) is 9.75. The van der Waals surface area contributed by atoms with Gasteiger partial charge in [-0.25, -0.2) is 0 Å². The lowest BCUT2D eigenvalue weighted by Crippen LogP contribution is -2.52. The summed E-state index contributed by atoms with van der Waals surface area (Å²) in [6.45, 7) is 0. The van der Waals surface area contributed by atoms with Crippen LogP contribution in [-0.2, 0) is 9.59 Å². The number of nitrogens with one attached hydrogen (secondary N) is 1. The van der Waals surface area contributed by atoms with E-state index in [0.717, 1.165) is 10.1 Å². The number of primary amides is 2. The Balaban J connectivity index is 2.24. The smallest absolute Gasteiger partial charge is 0.262 e. The molecule has 5 N–H and O–H groups in total. The SMILES string of the molecule is NC(=O)C(NC(=O)c1cc2ccccc2s1)C(N)=O. The van der Waals surface area contributed by atoms with Crippen molar-refractivity contribution < 1.29 is 14.4 Å². The molecule has 6 nitrogen and oxygen atoms in total. The molecule has 0 aliphatic heterocycles. The van der Waals surface area contributed by atoms with Crippen molar-refractivity contribution in [3.05, 3.63) is 35.2 Å². The summed E-state index contributed by atoms with van der Waals surface area (Å²) in [5, 5.41) is 3.13. The van der Waals surface area contributed by atoms with Crippen LogP contribution in [-0.4, -0.2) is 23.8 Å². The van der Waals surface area contributed by atoms with E-state index in [-0.39, 0.29) is 0 Å². The Bertz CT molecular complexity index is 618. The highest BCUT2D eigenvalue weighted by Crippen LogP contribution is 2.25. The van der Waals surface area contributed by atoms with Crippen molar-refractivity contribution in [2.75, 3.05) is 0 Å². The number of thiophene rings is 1. The average Bonchev–Trinajstić information content (AvgIpc) is 2.78. The molecule has 19 heavy (non-hydrogen) atoms. The third-order valence-electron chi connectivity index (χ3n) is 2.49. The van der Waals surface area contributed by atoms with Gasteiger partial charge in [0.25, 0.3) is 5.91 Å². The highest BCUT2D eigenvalue weighted by atomic mass is 32.1. The van der Waals surface area contributed by atoms with Gasteiger partial charge in [0, 0.05) is 4.70 Å². The molecule has 0 radical (unpaired) electrons. The van der Waals surface area contributed by atoms with Crippen LogP contribution in [0.2, 0.25) is 0 Å². The van der Waals surface area contributed by atoms with Crippen molar-refractivity contribution in [1.29, 1.82) is 0 Å². The number of amides is 3. The first kappa shape index (κ1) is 13.0. The van der Waals surface area contributed by atoms with Crippen LogP contribution >= 0.6 is 11.3 Å². The van der Waals surface area contributed by atoms with Crippen molar-refractivity contribution in [2.24, 2.45) is 11.5 Å². The summed E-state index contributed by atoms with van der Waals surface area (Å²) in [7, 11) is 0. The number of hydrogen-bond acceptors (Lipinski definition) is 4. The standard InChI is InChI=1S/C12H11N3O3S/c13-10(16)9(11(14)17)15-12(18)8-5-6-3-1-2-4-7(6)19-8/h1-5,9H,(H2,13,16)(H2,14,17)(H,15,18). The molecule has 0 saturated carbocycles. The maximum atomic E-state index is 11.9. The Labute approximate surface area is 112 Å². The van der Waals surface area contributed by atoms with Crippen LogP contribution in [0.3, 0.4) is 0 Å². The maximum Gasteiger partial charge on any atom is 0.262 e. The fourth-order valence-corrected chi connectivity index (χ4v) is 2.54. The van der Waals surface area contributed by atoms with Crippen LogP contribution in [0.15, 0.2) is 30.3 Å². The lowest BCUT2D eigenvalue weighted by atomic mass is 10.2. The fourth-order valence-electron chi connectivity index (χ4n) is 1.58. The van der Waals surface area contributed by atoms with Crippen molar-refractivity contribution in [3.8, 4) is 0 Å². The van der Waals surface area contributed by atoms with Crippen LogP contribution < -0.4 is 16.8 Å². The van der Waals surface area contributed by atoms with Gasteiger partial charge in [-0.2, -0.15) is 0 Å². The number of carbonyl (C=O) groups is 3. The van der Waals surface area contributed by atoms with Crippen molar-refractivity contribution in [2.45, 2.75) is 6.04 Å². The topological polar surface area (TPSA) is 115 Å². The van der Waals surface area contributed by atoms with E-state index in [1.807, 2.05) is 24.3 Å². The van der Waals surface area contributed by atoms with Gasteiger partial charge in [0.1, 0.15) is 0 Å². The zero-order valence-corrected chi connectivity index (χ0v) is 10.6. The monoisotopic (exact) mass is 277 g/mol. The Morgan fingerprint density at radius 2 is 1.74 bits per heavy atom. The van der Waals surface area contributed by atoms with E-state index in [2.05, 4.69) is 5.32 Å². The molecule has 98 valence electrons. The highest BCUT2D eigenvalue weighted by Gasteiger charge is 2.24. The Kier molecular flexibility index (Phi) is 3.48. The number of fused-ring (bicyclic) bond motifs is 1. The molecule has 7 heteroatoms. The molecule has 3 amide bonds. The second kappa shape index (κ2) is 5.07. The van der Waals surface area contributed by atoms with E-state index in [1.165, 1.54) is 11.3 Å². The summed E-state index contributed by atoms with van der Waals surface area (Å²) in [5.74, 6) is -2.52. The lowest BCUT2D eigenvalue weighted by molar-refractivity contribution is -0.128. The first-order valence-corrected chi connectivity index (χ1v) is 6.19. The molecule has 0 spiro atoms. The van der Waals surface area contributed by atoms with E-state index >= 15 is 0 Å². The number of nitrogens with two attached hydrogens (primary N) is 2. The predicted molar refractivity (Wildman–Crippen MR) is 71.5 cm³/mol. The van der Waals surface area contributed by atoms with Crippen molar-refractivity contribution in [3.63, 3.8) is 0 Å². The zero-order chi connectivity index (χ0) is 14.0. The molecule has 2 aromatic rings. The molecule has 0 bridgehead atoms. The molecule has 2 rings (SSSR count). The summed E-state index contributed by atoms with van der Waals surface area (Å²) in [6, 6.07) is 7.62. The van der Waals surface area contributed by atoms with Gasteiger partial charge < -0.3 is 16.8 Å². The number of carbonyl (C=O) groups excluding carboxylic acids is 3. The van der Waals surface area contributed by atoms with E-state index in [9.17, 15) is 14.4 Å². The molecule has 0 atom stereocenters. The summed E-state index contributed by atoms with van der Waals surface area (Å²) in [6.07, 6.45) is 0. The quantitative estimate of drug-likeness (QED) is 0.681. The molecule has 0 aliphatic rings. The van der Waals surface area contributed by atoms with Crippen LogP contribution in [0.4, 0.5) is 0 Å². The Hall–Kier alpha value is -2.41. The summed E-state index contributed by atoms with van der Waals surface area (Å²) >= 11 is 1.25. The third kappa shape index (κ3) is 2.71. The van der Waals surface area contributed by atoms with Gasteiger partial charge in [-0.1, -0.05) is 18.2 Å². The summed E-state index contributed by atoms with van der Waals surface area (Å²) in [4.78, 5) is 34.3. The van der Waals surface area contributed by atoms with Gasteiger partial charge in [0.05, 0.1) is 4.88 Å². The number of rotatable bonds is 4. The first-order chi connectivity index (χ1) is 8.99. The molecule has 0 unspecified atom stereocenters. The minimum Gasteiger partial charge on any atom is -0.367 e. The molecule has 1 heterocycles. The third-order valence-corrected chi connectivity index (χ3v) is 3.61. The van der Waals surface area contributed by atoms with Crippen LogP contribution in [0.5, 0.6) is 0 Å². The normalized spacial score (nSPS) is 10.6. The largest absolute Gasteiger partial charge is 0.367 e. The predicted octanol–water partition coefficient (Wildman–Crippen LogP) is -0.0297. The number of benzene rings is 1. The van der Waals surface area contributed by atoms with E-state index in [1.54, 1.807) is 6.07 Å². The van der Waals surface area contributed by atoms with E-state index in [0.29, 0.717) is 4.88 Å². The van der Waals surface area contributed by atoms with Crippen molar-refractivity contribution in [1.82, 2.24) is 5.32 Å². The summed E-state index contributed by atoms with van der Waals surface area (Å²) in [5.41, 5.74) is 9.98. The van der Waals surface area contributed by atoms with Crippen LogP contribution in [0.1, 0.15) is 9.67 Å². The Morgan fingerprint density at radius 1 is 1.11 bits per heavy atom. The van der Waals surface area contributed by atoms with Gasteiger partial charge in [-0.15, -0.1) is 11.3 Å². The van der Waals surface area contributed by atoms with E-state index < -0.39 is 23.8 Å². The minimum absolute atomic E-state index is 0.383. The van der Waals surface area contributed by atoms with Crippen LogP contribution in [0.25, 0.3) is 10.1 Å². The Morgan fingerprint density at radius 3 is 2.32 bits per heavy atom.